The number of nitrogens with zero attached hydrogens (tertiary/aromatic N) is 3. The van der Waals surface area contributed by atoms with Crippen LogP contribution in [0.2, 0.25) is 5.02 Å². The van der Waals surface area contributed by atoms with Crippen molar-refractivity contribution < 1.29 is 8.42 Å². The molecule has 9 heteroatoms. The van der Waals surface area contributed by atoms with Gasteiger partial charge in [-0.1, -0.05) is 23.7 Å². The SMILES string of the molecule is CNc1nc([C@@H]2CCCN2S(=O)(=O)c2ccccc2Cl)nc2c1CNCC2. The molecule has 2 aromatic rings. The van der Waals surface area contributed by atoms with Crippen LogP contribution in [0.1, 0.15) is 36.0 Å². The van der Waals surface area contributed by atoms with E-state index in [4.69, 9.17) is 16.6 Å². The Morgan fingerprint density at radius 1 is 1.30 bits per heavy atom. The number of anilines is 1. The molecule has 7 nitrogen and oxygen atoms in total. The first-order chi connectivity index (χ1) is 13.0. The summed E-state index contributed by atoms with van der Waals surface area (Å²) in [5, 5.41) is 6.69. The third kappa shape index (κ3) is 3.31. The molecule has 0 radical (unpaired) electrons. The van der Waals surface area contributed by atoms with E-state index < -0.39 is 10.0 Å². The largest absolute Gasteiger partial charge is 0.373 e. The molecular weight excluding hydrogens is 386 g/mol. The van der Waals surface area contributed by atoms with Crippen molar-refractivity contribution in [2.45, 2.75) is 36.7 Å². The summed E-state index contributed by atoms with van der Waals surface area (Å²) >= 11 is 6.17. The molecule has 144 valence electrons. The number of hydrogen-bond acceptors (Lipinski definition) is 6. The molecule has 2 N–H and O–H groups in total. The molecule has 0 saturated carbocycles. The number of rotatable bonds is 4. The molecule has 1 atom stereocenters. The van der Waals surface area contributed by atoms with E-state index in [9.17, 15) is 8.42 Å². The van der Waals surface area contributed by atoms with Gasteiger partial charge < -0.3 is 10.6 Å². The maximum Gasteiger partial charge on any atom is 0.245 e. The highest BCUT2D eigenvalue weighted by Crippen LogP contribution is 2.37. The first kappa shape index (κ1) is 18.6. The normalized spacial score (nSPS) is 20.4. The second kappa shape index (κ2) is 7.35. The van der Waals surface area contributed by atoms with Crippen molar-refractivity contribution in [1.29, 1.82) is 0 Å². The third-order valence-corrected chi connectivity index (χ3v) is 7.52. The lowest BCUT2D eigenvalue weighted by Gasteiger charge is -2.26. The summed E-state index contributed by atoms with van der Waals surface area (Å²) in [6.45, 7) is 2.02. The number of nitrogens with one attached hydrogen (secondary N) is 2. The quantitative estimate of drug-likeness (QED) is 0.808. The van der Waals surface area contributed by atoms with Crippen molar-refractivity contribution in [3.8, 4) is 0 Å². The summed E-state index contributed by atoms with van der Waals surface area (Å²) < 4.78 is 28.0. The molecule has 0 unspecified atom stereocenters. The fraction of sp³-hybridized carbons (Fsp3) is 0.444. The molecule has 0 spiro atoms. The van der Waals surface area contributed by atoms with Crippen molar-refractivity contribution in [2.24, 2.45) is 0 Å². The van der Waals surface area contributed by atoms with Crippen LogP contribution in [0, 0.1) is 0 Å². The standard InChI is InChI=1S/C18H22ClN5O2S/c1-20-17-12-11-21-9-8-14(12)22-18(23-17)15-6-4-10-24(15)27(25,26)16-7-3-2-5-13(16)19/h2-3,5,7,15,21H,4,6,8-11H2,1H3,(H,20,22,23)/t15-/m0/s1. The Balaban J connectivity index is 1.75. The Labute approximate surface area is 164 Å². The molecule has 4 rings (SSSR count). The number of benzene rings is 1. The summed E-state index contributed by atoms with van der Waals surface area (Å²) in [5.74, 6) is 1.33. The number of halogens is 1. The number of fused-ring (bicyclic) bond motifs is 1. The molecule has 0 aliphatic carbocycles. The molecule has 1 fully saturated rings. The predicted octanol–water partition coefficient (Wildman–Crippen LogP) is 2.34. The van der Waals surface area contributed by atoms with Crippen LogP contribution in [0.5, 0.6) is 0 Å². The Morgan fingerprint density at radius 3 is 2.89 bits per heavy atom. The summed E-state index contributed by atoms with van der Waals surface area (Å²) in [4.78, 5) is 9.55. The van der Waals surface area contributed by atoms with Gasteiger partial charge in [0.25, 0.3) is 0 Å². The van der Waals surface area contributed by atoms with Gasteiger partial charge in [-0.05, 0) is 25.0 Å². The third-order valence-electron chi connectivity index (χ3n) is 5.11. The van der Waals surface area contributed by atoms with Crippen LogP contribution in [-0.2, 0) is 23.0 Å². The first-order valence-electron chi connectivity index (χ1n) is 9.07. The Morgan fingerprint density at radius 2 is 2.11 bits per heavy atom. The van der Waals surface area contributed by atoms with Crippen LogP contribution >= 0.6 is 11.6 Å². The van der Waals surface area contributed by atoms with Gasteiger partial charge >= 0.3 is 0 Å². The van der Waals surface area contributed by atoms with Gasteiger partial charge in [-0.3, -0.25) is 0 Å². The van der Waals surface area contributed by atoms with Gasteiger partial charge in [0.1, 0.15) is 16.5 Å². The van der Waals surface area contributed by atoms with Crippen LogP contribution < -0.4 is 10.6 Å². The van der Waals surface area contributed by atoms with Crippen LogP contribution in [0.25, 0.3) is 0 Å². The Bertz CT molecular complexity index is 949. The maximum absolute atomic E-state index is 13.2. The van der Waals surface area contributed by atoms with Crippen LogP contribution in [0.4, 0.5) is 5.82 Å². The molecule has 2 aliphatic heterocycles. The Kier molecular flexibility index (Phi) is 5.07. The van der Waals surface area contributed by atoms with Gasteiger partial charge in [-0.25, -0.2) is 18.4 Å². The van der Waals surface area contributed by atoms with E-state index in [0.717, 1.165) is 43.0 Å². The van der Waals surface area contributed by atoms with Gasteiger partial charge in [-0.2, -0.15) is 4.31 Å². The van der Waals surface area contributed by atoms with E-state index in [2.05, 4.69) is 15.6 Å². The van der Waals surface area contributed by atoms with Crippen molar-refractivity contribution in [2.75, 3.05) is 25.5 Å². The molecule has 3 heterocycles. The van der Waals surface area contributed by atoms with Gasteiger partial charge in [-0.15, -0.1) is 0 Å². The zero-order valence-electron chi connectivity index (χ0n) is 15.1. The monoisotopic (exact) mass is 407 g/mol. The van der Waals surface area contributed by atoms with E-state index in [1.165, 1.54) is 4.31 Å². The molecule has 1 saturated heterocycles. The number of hydrogen-bond donors (Lipinski definition) is 2. The lowest BCUT2D eigenvalue weighted by Crippen LogP contribution is -2.33. The first-order valence-corrected chi connectivity index (χ1v) is 10.9. The summed E-state index contributed by atoms with van der Waals surface area (Å²) in [7, 11) is -1.89. The molecule has 0 amide bonds. The van der Waals surface area contributed by atoms with E-state index in [1.807, 2.05) is 7.05 Å². The molecule has 2 aliphatic rings. The summed E-state index contributed by atoms with van der Waals surface area (Å²) in [5.41, 5.74) is 2.05. The van der Waals surface area contributed by atoms with Gasteiger partial charge in [0.15, 0.2) is 0 Å². The second-order valence-corrected chi connectivity index (χ2v) is 9.00. The number of sulfonamides is 1. The summed E-state index contributed by atoms with van der Waals surface area (Å²) in [6, 6.07) is 6.18. The minimum absolute atomic E-state index is 0.134. The minimum Gasteiger partial charge on any atom is -0.373 e. The zero-order chi connectivity index (χ0) is 19.0. The minimum atomic E-state index is -3.72. The lowest BCUT2D eigenvalue weighted by molar-refractivity contribution is 0.382. The highest BCUT2D eigenvalue weighted by molar-refractivity contribution is 7.89. The highest BCUT2D eigenvalue weighted by atomic mass is 35.5. The van der Waals surface area contributed by atoms with Crippen molar-refractivity contribution in [3.05, 3.63) is 46.4 Å². The molecule has 1 aromatic carbocycles. The molecular formula is C18H22ClN5O2S. The lowest BCUT2D eigenvalue weighted by atomic mass is 10.1. The fourth-order valence-corrected chi connectivity index (χ4v) is 5.93. The average molecular weight is 408 g/mol. The van der Waals surface area contributed by atoms with E-state index in [-0.39, 0.29) is 16.0 Å². The van der Waals surface area contributed by atoms with Gasteiger partial charge in [0.05, 0.1) is 16.8 Å². The topological polar surface area (TPSA) is 87.2 Å². The van der Waals surface area contributed by atoms with Crippen LogP contribution in [0.15, 0.2) is 29.2 Å². The van der Waals surface area contributed by atoms with E-state index in [1.54, 1.807) is 24.3 Å². The van der Waals surface area contributed by atoms with Gasteiger partial charge in [0, 0.05) is 38.7 Å². The van der Waals surface area contributed by atoms with Crippen LogP contribution in [-0.4, -0.2) is 42.8 Å². The average Bonchev–Trinajstić information content (AvgIpc) is 3.18. The van der Waals surface area contributed by atoms with Crippen molar-refractivity contribution in [1.82, 2.24) is 19.6 Å². The Hall–Kier alpha value is -1.74. The predicted molar refractivity (Wildman–Crippen MR) is 104 cm³/mol. The fourth-order valence-electron chi connectivity index (χ4n) is 3.78. The highest BCUT2D eigenvalue weighted by Gasteiger charge is 2.39. The maximum atomic E-state index is 13.2. The van der Waals surface area contributed by atoms with Gasteiger partial charge in [0.2, 0.25) is 10.0 Å². The van der Waals surface area contributed by atoms with E-state index in [0.29, 0.717) is 18.8 Å². The van der Waals surface area contributed by atoms with Crippen molar-refractivity contribution in [3.63, 3.8) is 0 Å². The summed E-state index contributed by atoms with van der Waals surface area (Å²) in [6.07, 6.45) is 2.28. The van der Waals surface area contributed by atoms with Crippen molar-refractivity contribution >= 4 is 27.4 Å². The molecule has 1 aromatic heterocycles. The second-order valence-electron chi connectivity index (χ2n) is 6.74. The number of aromatic nitrogens is 2. The van der Waals surface area contributed by atoms with E-state index >= 15 is 0 Å². The zero-order valence-corrected chi connectivity index (χ0v) is 16.6. The van der Waals surface area contributed by atoms with Crippen LogP contribution in [0.3, 0.4) is 0 Å². The molecule has 27 heavy (non-hydrogen) atoms. The smallest absolute Gasteiger partial charge is 0.245 e. The molecule has 0 bridgehead atoms.